The van der Waals surface area contributed by atoms with Crippen molar-refractivity contribution in [2.24, 2.45) is 7.05 Å². The summed E-state index contributed by atoms with van der Waals surface area (Å²) >= 11 is 0. The molecule has 0 aliphatic carbocycles. The highest BCUT2D eigenvalue weighted by molar-refractivity contribution is 6.04. The Kier molecular flexibility index (Phi) is 5.83. The van der Waals surface area contributed by atoms with Gasteiger partial charge < -0.3 is 14.6 Å². The number of para-hydroxylation sites is 1. The third-order valence-electron chi connectivity index (χ3n) is 5.89. The summed E-state index contributed by atoms with van der Waals surface area (Å²) in [5, 5.41) is 4.40. The maximum atomic E-state index is 6.00. The molecule has 0 bridgehead atoms. The maximum Gasteiger partial charge on any atom is 0.144 e. The average molecular weight is 447 g/mol. The molecule has 0 spiro atoms. The number of ether oxygens (including phenoxy) is 1. The molecule has 5 rings (SSSR count). The third-order valence-corrected chi connectivity index (χ3v) is 5.89. The smallest absolute Gasteiger partial charge is 0.144 e. The van der Waals surface area contributed by atoms with Gasteiger partial charge in [-0.1, -0.05) is 48.5 Å². The first-order valence-corrected chi connectivity index (χ1v) is 11.2. The first kappa shape index (κ1) is 21.5. The number of aryl methyl sites for hydroxylation is 2. The summed E-state index contributed by atoms with van der Waals surface area (Å²) in [6.45, 7) is 6.53. The molecule has 34 heavy (non-hydrogen) atoms. The van der Waals surface area contributed by atoms with Crippen LogP contribution in [0.5, 0.6) is 11.5 Å². The molecule has 0 aliphatic rings. The lowest BCUT2D eigenvalue weighted by molar-refractivity contribution is 0.483. The second-order valence-corrected chi connectivity index (χ2v) is 8.13. The van der Waals surface area contributed by atoms with Crippen LogP contribution in [-0.4, -0.2) is 21.1 Å². The summed E-state index contributed by atoms with van der Waals surface area (Å²) in [5.74, 6) is 1.61. The van der Waals surface area contributed by atoms with Gasteiger partial charge in [0.25, 0.3) is 0 Å². The molecule has 2 aromatic heterocycles. The Labute approximate surface area is 199 Å². The van der Waals surface area contributed by atoms with Crippen LogP contribution in [0.1, 0.15) is 5.69 Å². The summed E-state index contributed by atoms with van der Waals surface area (Å²) in [6.07, 6.45) is 3.48. The molecule has 1 N–H and O–H groups in total. The summed E-state index contributed by atoms with van der Waals surface area (Å²) in [7, 11) is 2.06. The van der Waals surface area contributed by atoms with Gasteiger partial charge in [0.2, 0.25) is 0 Å². The fourth-order valence-corrected chi connectivity index (χ4v) is 4.27. The second kappa shape index (κ2) is 9.24. The monoisotopic (exact) mass is 446 g/mol. The number of aromatic nitrogens is 3. The minimum atomic E-state index is 0.727. The molecular weight excluding hydrogens is 420 g/mol. The molecular formula is C29H26N4O. The van der Waals surface area contributed by atoms with Gasteiger partial charge in [-0.3, -0.25) is 0 Å². The van der Waals surface area contributed by atoms with Gasteiger partial charge in [-0.15, -0.1) is 6.58 Å². The van der Waals surface area contributed by atoms with Crippen LogP contribution in [0.2, 0.25) is 0 Å². The lowest BCUT2D eigenvalue weighted by Crippen LogP contribution is -1.98. The van der Waals surface area contributed by atoms with E-state index in [0.29, 0.717) is 0 Å². The SMILES string of the molecule is C=CCNc1ccc(-c2c(-c3ccc(Oc4ccccc4)cc3)c3c(C)ncnc3n2C)cc1. The number of hydrogen-bond acceptors (Lipinski definition) is 4. The van der Waals surface area contributed by atoms with Gasteiger partial charge in [-0.2, -0.15) is 0 Å². The molecule has 0 unspecified atom stereocenters. The number of nitrogens with one attached hydrogen (secondary N) is 1. The van der Waals surface area contributed by atoms with Crippen molar-refractivity contribution in [1.82, 2.24) is 14.5 Å². The summed E-state index contributed by atoms with van der Waals surface area (Å²) in [5.41, 5.74) is 7.35. The Morgan fingerprint density at radius 3 is 2.26 bits per heavy atom. The van der Waals surface area contributed by atoms with E-state index >= 15 is 0 Å². The van der Waals surface area contributed by atoms with Crippen molar-refractivity contribution in [3.63, 3.8) is 0 Å². The normalized spacial score (nSPS) is 10.9. The van der Waals surface area contributed by atoms with E-state index in [4.69, 9.17) is 4.74 Å². The van der Waals surface area contributed by atoms with Gasteiger partial charge in [-0.25, -0.2) is 9.97 Å². The van der Waals surface area contributed by atoms with Gasteiger partial charge in [0, 0.05) is 30.2 Å². The van der Waals surface area contributed by atoms with E-state index in [1.54, 1.807) is 6.33 Å². The van der Waals surface area contributed by atoms with Crippen LogP contribution in [0.25, 0.3) is 33.4 Å². The van der Waals surface area contributed by atoms with Crippen LogP contribution in [0.4, 0.5) is 5.69 Å². The molecule has 168 valence electrons. The van der Waals surface area contributed by atoms with Gasteiger partial charge in [0.05, 0.1) is 11.4 Å². The maximum absolute atomic E-state index is 6.00. The Morgan fingerprint density at radius 2 is 1.56 bits per heavy atom. The van der Waals surface area contributed by atoms with E-state index in [2.05, 4.69) is 69.9 Å². The van der Waals surface area contributed by atoms with Crippen molar-refractivity contribution in [2.45, 2.75) is 6.92 Å². The molecule has 0 atom stereocenters. The van der Waals surface area contributed by atoms with Crippen LogP contribution in [-0.2, 0) is 7.05 Å². The molecule has 0 aliphatic heterocycles. The highest BCUT2D eigenvalue weighted by Crippen LogP contribution is 2.41. The first-order chi connectivity index (χ1) is 16.7. The van der Waals surface area contributed by atoms with Gasteiger partial charge in [-0.05, 0) is 54.4 Å². The van der Waals surface area contributed by atoms with Crippen molar-refractivity contribution >= 4 is 16.7 Å². The summed E-state index contributed by atoms with van der Waals surface area (Å²) < 4.78 is 8.15. The van der Waals surface area contributed by atoms with E-state index in [1.807, 2.05) is 55.5 Å². The van der Waals surface area contributed by atoms with Gasteiger partial charge >= 0.3 is 0 Å². The third kappa shape index (κ3) is 4.04. The fraction of sp³-hybridized carbons (Fsp3) is 0.103. The Bertz CT molecular complexity index is 1440. The molecule has 0 saturated heterocycles. The zero-order valence-electron chi connectivity index (χ0n) is 19.3. The predicted molar refractivity (Wildman–Crippen MR) is 139 cm³/mol. The topological polar surface area (TPSA) is 52.0 Å². The summed E-state index contributed by atoms with van der Waals surface area (Å²) in [6, 6.07) is 26.5. The minimum absolute atomic E-state index is 0.727. The zero-order chi connectivity index (χ0) is 23.5. The van der Waals surface area contributed by atoms with E-state index in [9.17, 15) is 0 Å². The average Bonchev–Trinajstić information content (AvgIpc) is 3.18. The molecule has 5 nitrogen and oxygen atoms in total. The Hall–Kier alpha value is -4.38. The van der Waals surface area contributed by atoms with E-state index in [-0.39, 0.29) is 0 Å². The molecule has 0 saturated carbocycles. The first-order valence-electron chi connectivity index (χ1n) is 11.2. The molecule has 3 aromatic carbocycles. The van der Waals surface area contributed by atoms with Gasteiger partial charge in [0.15, 0.2) is 0 Å². The number of anilines is 1. The number of fused-ring (bicyclic) bond motifs is 1. The Morgan fingerprint density at radius 1 is 0.882 bits per heavy atom. The van der Waals surface area contributed by atoms with Crippen molar-refractivity contribution in [3.8, 4) is 33.9 Å². The van der Waals surface area contributed by atoms with Crippen molar-refractivity contribution < 1.29 is 4.74 Å². The summed E-state index contributed by atoms with van der Waals surface area (Å²) in [4.78, 5) is 9.10. The van der Waals surface area contributed by atoms with Crippen LogP contribution in [0.15, 0.2) is 97.8 Å². The van der Waals surface area contributed by atoms with Crippen LogP contribution < -0.4 is 10.1 Å². The number of benzene rings is 3. The van der Waals surface area contributed by atoms with Crippen molar-refractivity contribution in [2.75, 3.05) is 11.9 Å². The second-order valence-electron chi connectivity index (χ2n) is 8.13. The molecule has 2 heterocycles. The number of nitrogens with zero attached hydrogens (tertiary/aromatic N) is 3. The molecule has 5 aromatic rings. The van der Waals surface area contributed by atoms with Crippen molar-refractivity contribution in [3.05, 3.63) is 104 Å². The molecule has 5 heteroatoms. The lowest BCUT2D eigenvalue weighted by atomic mass is 9.98. The van der Waals surface area contributed by atoms with Crippen LogP contribution in [0.3, 0.4) is 0 Å². The largest absolute Gasteiger partial charge is 0.457 e. The zero-order valence-corrected chi connectivity index (χ0v) is 19.3. The standard InChI is InChI=1S/C29H26N4O/c1-4-18-30-23-14-10-22(11-15-23)28-27(26-20(2)31-19-32-29(26)33(28)3)21-12-16-25(17-13-21)34-24-8-6-5-7-9-24/h4-17,19,30H,1,18H2,2-3H3. The Balaban J connectivity index is 1.61. The number of hydrogen-bond donors (Lipinski definition) is 1. The van der Waals surface area contributed by atoms with E-state index in [1.165, 1.54) is 0 Å². The predicted octanol–water partition coefficient (Wildman–Crippen LogP) is 7.00. The minimum Gasteiger partial charge on any atom is -0.457 e. The molecule has 0 fully saturated rings. The highest BCUT2D eigenvalue weighted by atomic mass is 16.5. The van der Waals surface area contributed by atoms with Crippen molar-refractivity contribution in [1.29, 1.82) is 0 Å². The quantitative estimate of drug-likeness (QED) is 0.273. The molecule has 0 radical (unpaired) electrons. The van der Waals surface area contributed by atoms with Crippen LogP contribution in [0, 0.1) is 6.92 Å². The fourth-order valence-electron chi connectivity index (χ4n) is 4.27. The van der Waals surface area contributed by atoms with E-state index < -0.39 is 0 Å². The van der Waals surface area contributed by atoms with Gasteiger partial charge in [0.1, 0.15) is 23.5 Å². The van der Waals surface area contributed by atoms with E-state index in [0.717, 1.165) is 62.8 Å². The molecule has 0 amide bonds. The lowest BCUT2D eigenvalue weighted by Gasteiger charge is -2.11. The highest BCUT2D eigenvalue weighted by Gasteiger charge is 2.21. The van der Waals surface area contributed by atoms with Crippen LogP contribution >= 0.6 is 0 Å². The number of rotatable bonds is 7.